The van der Waals surface area contributed by atoms with Crippen LogP contribution in [0.2, 0.25) is 0 Å². The van der Waals surface area contributed by atoms with E-state index in [1.54, 1.807) is 7.11 Å². The molecular formula is C21H17BrN2O4. The minimum atomic E-state index is -0.452. The molecule has 0 spiro atoms. The van der Waals surface area contributed by atoms with Crippen LogP contribution in [0.25, 0.3) is 27.7 Å². The molecule has 2 heterocycles. The molecule has 6 nitrogen and oxygen atoms in total. The molecule has 1 aromatic heterocycles. The molecule has 0 atom stereocenters. The first-order valence-electron chi connectivity index (χ1n) is 8.72. The number of methoxy groups -OCH3 is 1. The zero-order valence-corrected chi connectivity index (χ0v) is 16.8. The largest absolute Gasteiger partial charge is 0.497 e. The summed E-state index contributed by atoms with van der Waals surface area (Å²) in [6.07, 6.45) is 0. The van der Waals surface area contributed by atoms with E-state index in [4.69, 9.17) is 9.47 Å². The van der Waals surface area contributed by atoms with Gasteiger partial charge in [-0.1, -0.05) is 12.1 Å². The second-order valence-electron chi connectivity index (χ2n) is 6.22. The number of halogens is 1. The van der Waals surface area contributed by atoms with Gasteiger partial charge in [-0.25, -0.2) is 0 Å². The molecule has 1 aliphatic heterocycles. The van der Waals surface area contributed by atoms with Gasteiger partial charge in [-0.15, -0.1) is 0 Å². The zero-order chi connectivity index (χ0) is 19.8. The Bertz CT molecular complexity index is 1150. The van der Waals surface area contributed by atoms with E-state index in [-0.39, 0.29) is 4.48 Å². The van der Waals surface area contributed by atoms with Crippen LogP contribution < -0.4 is 14.8 Å². The van der Waals surface area contributed by atoms with Crippen LogP contribution in [0.1, 0.15) is 12.5 Å². The maximum absolute atomic E-state index is 12.6. The van der Waals surface area contributed by atoms with Gasteiger partial charge in [0.25, 0.3) is 11.8 Å². The Morgan fingerprint density at radius 1 is 1.04 bits per heavy atom. The summed E-state index contributed by atoms with van der Waals surface area (Å²) in [5.74, 6) is 0.488. The number of imide groups is 1. The number of carbonyl (C=O) groups is 2. The standard InChI is InChI=1S/C21H17BrN2O4/c1-3-28-13-7-8-15-14(10-13)16(17-18(22)21(26)24-20(17)25)19(23-15)11-5-4-6-12(9-11)27-2/h4-10,23H,3H2,1-2H3,(H,24,25,26). The topological polar surface area (TPSA) is 80.4 Å². The third-order valence-electron chi connectivity index (χ3n) is 4.56. The van der Waals surface area contributed by atoms with Gasteiger partial charge in [-0.2, -0.15) is 0 Å². The maximum atomic E-state index is 12.6. The first-order chi connectivity index (χ1) is 13.5. The van der Waals surface area contributed by atoms with Crippen molar-refractivity contribution in [3.05, 3.63) is 52.5 Å². The Morgan fingerprint density at radius 2 is 1.86 bits per heavy atom. The van der Waals surface area contributed by atoms with Crippen molar-refractivity contribution in [2.75, 3.05) is 13.7 Å². The van der Waals surface area contributed by atoms with E-state index < -0.39 is 11.8 Å². The number of aromatic nitrogens is 1. The summed E-state index contributed by atoms with van der Waals surface area (Å²) in [6, 6.07) is 13.2. The van der Waals surface area contributed by atoms with Crippen molar-refractivity contribution in [2.24, 2.45) is 0 Å². The lowest BCUT2D eigenvalue weighted by Crippen LogP contribution is -2.22. The van der Waals surface area contributed by atoms with Crippen molar-refractivity contribution in [3.8, 4) is 22.8 Å². The highest BCUT2D eigenvalue weighted by Gasteiger charge is 2.33. The fraction of sp³-hybridized carbons (Fsp3) is 0.143. The molecule has 0 fully saturated rings. The number of carbonyl (C=O) groups excluding carboxylic acids is 2. The van der Waals surface area contributed by atoms with Crippen molar-refractivity contribution >= 4 is 44.2 Å². The first kappa shape index (κ1) is 18.3. The summed E-state index contributed by atoms with van der Waals surface area (Å²) < 4.78 is 11.2. The summed E-state index contributed by atoms with van der Waals surface area (Å²) in [6.45, 7) is 2.44. The summed E-state index contributed by atoms with van der Waals surface area (Å²) in [4.78, 5) is 28.0. The number of ether oxygens (including phenoxy) is 2. The monoisotopic (exact) mass is 440 g/mol. The smallest absolute Gasteiger partial charge is 0.265 e. The third-order valence-corrected chi connectivity index (χ3v) is 5.32. The number of aromatic amines is 1. The molecule has 2 amide bonds. The highest BCUT2D eigenvalue weighted by molar-refractivity contribution is 9.12. The maximum Gasteiger partial charge on any atom is 0.265 e. The lowest BCUT2D eigenvalue weighted by atomic mass is 9.98. The Balaban J connectivity index is 2.04. The van der Waals surface area contributed by atoms with Gasteiger partial charge in [0.2, 0.25) is 0 Å². The summed E-state index contributed by atoms with van der Waals surface area (Å²) >= 11 is 3.28. The second-order valence-corrected chi connectivity index (χ2v) is 7.01. The van der Waals surface area contributed by atoms with Gasteiger partial charge in [0.1, 0.15) is 11.5 Å². The average Bonchev–Trinajstić information content (AvgIpc) is 3.18. The van der Waals surface area contributed by atoms with Crippen LogP contribution in [-0.2, 0) is 9.59 Å². The zero-order valence-electron chi connectivity index (χ0n) is 15.3. The van der Waals surface area contributed by atoms with Gasteiger partial charge >= 0.3 is 0 Å². The molecule has 0 saturated carbocycles. The normalized spacial score (nSPS) is 14.0. The van der Waals surface area contributed by atoms with E-state index in [0.29, 0.717) is 29.2 Å². The molecule has 3 aromatic rings. The number of H-pyrrole nitrogens is 1. The van der Waals surface area contributed by atoms with Crippen molar-refractivity contribution in [2.45, 2.75) is 6.92 Å². The highest BCUT2D eigenvalue weighted by atomic mass is 79.9. The van der Waals surface area contributed by atoms with Crippen LogP contribution >= 0.6 is 15.9 Å². The van der Waals surface area contributed by atoms with E-state index in [1.807, 2.05) is 49.4 Å². The van der Waals surface area contributed by atoms with E-state index >= 15 is 0 Å². The molecule has 7 heteroatoms. The molecule has 1 aliphatic rings. The summed E-state index contributed by atoms with van der Waals surface area (Å²) in [7, 11) is 1.60. The Kier molecular flexibility index (Phi) is 4.68. The molecule has 0 radical (unpaired) electrons. The SMILES string of the molecule is CCOc1ccc2[nH]c(-c3cccc(OC)c3)c(C3=C(Br)C(=O)NC3=O)c2c1. The predicted octanol–water partition coefficient (Wildman–Crippen LogP) is 4.00. The van der Waals surface area contributed by atoms with E-state index in [0.717, 1.165) is 22.2 Å². The number of hydrogen-bond acceptors (Lipinski definition) is 4. The number of hydrogen-bond donors (Lipinski definition) is 2. The molecule has 0 bridgehead atoms. The minimum absolute atomic E-state index is 0.212. The summed E-state index contributed by atoms with van der Waals surface area (Å²) in [5.41, 5.74) is 3.32. The van der Waals surface area contributed by atoms with Crippen molar-refractivity contribution in [3.63, 3.8) is 0 Å². The van der Waals surface area contributed by atoms with Gasteiger partial charge in [0, 0.05) is 22.0 Å². The number of benzene rings is 2. The fourth-order valence-electron chi connectivity index (χ4n) is 3.34. The quantitative estimate of drug-likeness (QED) is 0.587. The third kappa shape index (κ3) is 2.97. The van der Waals surface area contributed by atoms with Gasteiger partial charge in [-0.3, -0.25) is 14.9 Å². The Hall–Kier alpha value is -3.06. The lowest BCUT2D eigenvalue weighted by molar-refractivity contribution is -0.123. The van der Waals surface area contributed by atoms with Gasteiger partial charge in [-0.05, 0) is 53.2 Å². The number of amides is 2. The molecule has 0 saturated heterocycles. The van der Waals surface area contributed by atoms with Crippen LogP contribution in [-0.4, -0.2) is 30.5 Å². The molecule has 142 valence electrons. The van der Waals surface area contributed by atoms with Crippen LogP contribution in [0, 0.1) is 0 Å². The van der Waals surface area contributed by atoms with Crippen molar-refractivity contribution < 1.29 is 19.1 Å². The number of fused-ring (bicyclic) bond motifs is 1. The average molecular weight is 441 g/mol. The van der Waals surface area contributed by atoms with E-state index in [2.05, 4.69) is 26.2 Å². The van der Waals surface area contributed by atoms with Crippen molar-refractivity contribution in [1.29, 1.82) is 0 Å². The van der Waals surface area contributed by atoms with Crippen LogP contribution in [0.5, 0.6) is 11.5 Å². The Labute approximate surface area is 169 Å². The van der Waals surface area contributed by atoms with Crippen molar-refractivity contribution in [1.82, 2.24) is 10.3 Å². The molecular weight excluding hydrogens is 424 g/mol. The minimum Gasteiger partial charge on any atom is -0.497 e. The molecule has 2 aromatic carbocycles. The highest BCUT2D eigenvalue weighted by Crippen LogP contribution is 2.41. The molecule has 28 heavy (non-hydrogen) atoms. The lowest BCUT2D eigenvalue weighted by Gasteiger charge is -2.08. The predicted molar refractivity (Wildman–Crippen MR) is 110 cm³/mol. The van der Waals surface area contributed by atoms with Gasteiger partial charge < -0.3 is 14.5 Å². The number of nitrogens with one attached hydrogen (secondary N) is 2. The molecule has 0 unspecified atom stereocenters. The van der Waals surface area contributed by atoms with Crippen LogP contribution in [0.3, 0.4) is 0 Å². The fourth-order valence-corrected chi connectivity index (χ4v) is 3.82. The number of rotatable bonds is 5. The second kappa shape index (κ2) is 7.16. The van der Waals surface area contributed by atoms with E-state index in [1.165, 1.54) is 0 Å². The first-order valence-corrected chi connectivity index (χ1v) is 9.51. The van der Waals surface area contributed by atoms with Gasteiger partial charge in [0.05, 0.1) is 29.5 Å². The van der Waals surface area contributed by atoms with E-state index in [9.17, 15) is 9.59 Å². The van der Waals surface area contributed by atoms with Gasteiger partial charge in [0.15, 0.2) is 0 Å². The van der Waals surface area contributed by atoms with Crippen LogP contribution in [0.4, 0.5) is 0 Å². The molecule has 4 rings (SSSR count). The Morgan fingerprint density at radius 3 is 2.54 bits per heavy atom. The summed E-state index contributed by atoms with van der Waals surface area (Å²) in [5, 5.41) is 3.13. The molecule has 2 N–H and O–H groups in total. The molecule has 0 aliphatic carbocycles. The van der Waals surface area contributed by atoms with Crippen LogP contribution in [0.15, 0.2) is 46.9 Å².